The van der Waals surface area contributed by atoms with Gasteiger partial charge in [-0.05, 0) is 55.5 Å². The van der Waals surface area contributed by atoms with Gasteiger partial charge < -0.3 is 29.7 Å². The number of carbonyl (C=O) groups excluding carboxylic acids is 4. The topological polar surface area (TPSA) is 125 Å². The van der Waals surface area contributed by atoms with Crippen LogP contribution in [0.4, 0.5) is 5.69 Å². The maximum Gasteiger partial charge on any atom is 0.313 e. The van der Waals surface area contributed by atoms with Gasteiger partial charge in [0.1, 0.15) is 23.7 Å². The summed E-state index contributed by atoms with van der Waals surface area (Å²) >= 11 is 0. The van der Waals surface area contributed by atoms with Crippen molar-refractivity contribution in [1.82, 2.24) is 10.2 Å². The van der Waals surface area contributed by atoms with Crippen LogP contribution in [0.2, 0.25) is 0 Å². The summed E-state index contributed by atoms with van der Waals surface area (Å²) in [5, 5.41) is 14.1. The van der Waals surface area contributed by atoms with E-state index in [0.717, 1.165) is 10.8 Å². The summed E-state index contributed by atoms with van der Waals surface area (Å²) in [4.78, 5) is 58.3. The van der Waals surface area contributed by atoms with E-state index in [1.54, 1.807) is 28.9 Å². The highest BCUT2D eigenvalue weighted by atomic mass is 16.6. The minimum atomic E-state index is -1.32. The van der Waals surface area contributed by atoms with Gasteiger partial charge in [-0.1, -0.05) is 54.6 Å². The Morgan fingerprint density at radius 3 is 2.64 bits per heavy atom. The summed E-state index contributed by atoms with van der Waals surface area (Å²) in [5.41, 5.74) is -0.646. The Labute approximate surface area is 256 Å². The molecule has 0 unspecified atom stereocenters. The van der Waals surface area contributed by atoms with E-state index in [4.69, 9.17) is 9.47 Å². The predicted octanol–water partition coefficient (Wildman–Crippen LogP) is 2.88. The zero-order valence-corrected chi connectivity index (χ0v) is 24.9. The maximum atomic E-state index is 14.9. The third kappa shape index (κ3) is 5.41. The third-order valence-corrected chi connectivity index (χ3v) is 9.14. The zero-order chi connectivity index (χ0) is 30.8. The van der Waals surface area contributed by atoms with E-state index in [1.165, 1.54) is 0 Å². The Morgan fingerprint density at radius 2 is 1.82 bits per heavy atom. The molecule has 6 rings (SSSR count). The van der Waals surface area contributed by atoms with Crippen LogP contribution in [-0.2, 0) is 28.7 Å². The number of cyclic esters (lactones) is 1. The van der Waals surface area contributed by atoms with Gasteiger partial charge in [-0.2, -0.15) is 0 Å². The van der Waals surface area contributed by atoms with Gasteiger partial charge in [-0.15, -0.1) is 0 Å². The molecule has 4 heterocycles. The lowest BCUT2D eigenvalue weighted by molar-refractivity contribution is -0.158. The summed E-state index contributed by atoms with van der Waals surface area (Å²) < 4.78 is 12.2. The van der Waals surface area contributed by atoms with E-state index in [9.17, 15) is 24.3 Å². The molecule has 10 heteroatoms. The number of aliphatic hydroxyl groups is 1. The molecule has 2 N–H and O–H groups in total. The van der Waals surface area contributed by atoms with Gasteiger partial charge in [0, 0.05) is 31.8 Å². The number of ether oxygens (including phenoxy) is 2. The lowest BCUT2D eigenvalue weighted by atomic mass is 9.74. The summed E-state index contributed by atoms with van der Waals surface area (Å²) in [6, 6.07) is 12.7. The first kappa shape index (κ1) is 30.0. The first-order valence-electron chi connectivity index (χ1n) is 15.5. The molecule has 4 aliphatic rings. The van der Waals surface area contributed by atoms with Crippen LogP contribution in [0.25, 0.3) is 10.8 Å². The molecule has 2 aromatic rings. The lowest BCUT2D eigenvalue weighted by Gasteiger charge is -2.36. The summed E-state index contributed by atoms with van der Waals surface area (Å²) in [5.74, 6) is -3.18. The SMILES string of the molecule is C[C@H]1CNC(=O)CC/C=C\CN(c2ccc3ccccc3c2)C(=O)[C@H]2N(CCCCCO)C(=O)[C@@H]3[C@@H](C(=O)O1)[C@H]1C=C[C@]32O1. The second-order valence-corrected chi connectivity index (χ2v) is 12.1. The molecule has 232 valence electrons. The predicted molar refractivity (Wildman–Crippen MR) is 163 cm³/mol. The Balaban J connectivity index is 1.42. The van der Waals surface area contributed by atoms with Gasteiger partial charge >= 0.3 is 5.97 Å². The van der Waals surface area contributed by atoms with Crippen molar-refractivity contribution in [3.05, 3.63) is 66.8 Å². The molecular formula is C34H39N3O7. The number of amides is 3. The Bertz CT molecular complexity index is 1500. The van der Waals surface area contributed by atoms with E-state index in [-0.39, 0.29) is 43.8 Å². The van der Waals surface area contributed by atoms with Crippen molar-refractivity contribution in [3.8, 4) is 0 Å². The van der Waals surface area contributed by atoms with Crippen LogP contribution in [0, 0.1) is 11.8 Å². The fraction of sp³-hybridized carbons (Fsp3) is 0.471. The van der Waals surface area contributed by atoms with Crippen LogP contribution in [0.3, 0.4) is 0 Å². The summed E-state index contributed by atoms with van der Waals surface area (Å²) in [6.45, 7) is 2.41. The van der Waals surface area contributed by atoms with Gasteiger partial charge in [0.2, 0.25) is 11.8 Å². The molecule has 0 aromatic heterocycles. The molecule has 2 aromatic carbocycles. The molecule has 0 aliphatic carbocycles. The van der Waals surface area contributed by atoms with Gasteiger partial charge in [-0.25, -0.2) is 0 Å². The van der Waals surface area contributed by atoms with Crippen molar-refractivity contribution >= 4 is 40.2 Å². The zero-order valence-electron chi connectivity index (χ0n) is 24.9. The van der Waals surface area contributed by atoms with Crippen molar-refractivity contribution in [2.75, 3.05) is 31.1 Å². The molecule has 3 amide bonds. The highest BCUT2D eigenvalue weighted by Crippen LogP contribution is 2.55. The number of anilines is 1. The van der Waals surface area contributed by atoms with E-state index < -0.39 is 41.7 Å². The van der Waals surface area contributed by atoms with Gasteiger partial charge in [-0.3, -0.25) is 19.2 Å². The average Bonchev–Trinajstić information content (AvgIpc) is 3.66. The minimum Gasteiger partial charge on any atom is -0.460 e. The van der Waals surface area contributed by atoms with E-state index in [0.29, 0.717) is 37.9 Å². The summed E-state index contributed by atoms with van der Waals surface area (Å²) in [7, 11) is 0. The molecular weight excluding hydrogens is 562 g/mol. The molecule has 6 atom stereocenters. The molecule has 44 heavy (non-hydrogen) atoms. The molecule has 0 radical (unpaired) electrons. The molecule has 10 nitrogen and oxygen atoms in total. The second kappa shape index (κ2) is 12.5. The number of hydrogen-bond acceptors (Lipinski definition) is 7. The number of likely N-dealkylation sites (tertiary alicyclic amines) is 1. The standard InChI is InChI=1S/C34H39N3O7/c1-22-21-35-27(39)12-4-2-7-17-36(25-14-13-23-10-5-6-11-24(23)20-25)32(41)30-34-16-15-26(44-34)28(33(42)43-22)29(34)31(40)37(30)18-8-3-9-19-38/h2,5-7,10-11,13-16,20,22,26,28-30,38H,3-4,8-9,12,17-19,21H2,1H3,(H,35,39)/b7-2-/t22-,26+,28-,29-,30+,34-/m0/s1. The number of benzene rings is 2. The van der Waals surface area contributed by atoms with Crippen LogP contribution < -0.4 is 10.2 Å². The van der Waals surface area contributed by atoms with Gasteiger partial charge in [0.05, 0.1) is 18.6 Å². The van der Waals surface area contributed by atoms with Crippen LogP contribution in [0.5, 0.6) is 0 Å². The van der Waals surface area contributed by atoms with Crippen LogP contribution in [0.15, 0.2) is 66.8 Å². The monoisotopic (exact) mass is 601 g/mol. The number of carbonyl (C=O) groups is 4. The van der Waals surface area contributed by atoms with Gasteiger partial charge in [0.25, 0.3) is 5.91 Å². The largest absolute Gasteiger partial charge is 0.460 e. The number of fused-ring (bicyclic) bond motifs is 3. The molecule has 4 aliphatic heterocycles. The number of nitrogens with zero attached hydrogens (tertiary/aromatic N) is 2. The second-order valence-electron chi connectivity index (χ2n) is 12.1. The molecule has 0 saturated carbocycles. The number of aliphatic hydroxyl groups excluding tert-OH is 1. The Morgan fingerprint density at radius 1 is 1.00 bits per heavy atom. The number of rotatable bonds is 6. The number of nitrogens with one attached hydrogen (secondary N) is 1. The average molecular weight is 602 g/mol. The first-order chi connectivity index (χ1) is 21.3. The molecule has 1 spiro atoms. The quantitative estimate of drug-likeness (QED) is 0.296. The number of esters is 1. The molecule has 2 saturated heterocycles. The lowest BCUT2D eigenvalue weighted by Crippen LogP contribution is -2.56. The van der Waals surface area contributed by atoms with Crippen molar-refractivity contribution in [2.45, 2.75) is 62.9 Å². The highest BCUT2D eigenvalue weighted by molar-refractivity contribution is 6.06. The summed E-state index contributed by atoms with van der Waals surface area (Å²) in [6.07, 6.45) is 8.61. The van der Waals surface area contributed by atoms with Crippen molar-refractivity contribution in [3.63, 3.8) is 0 Å². The van der Waals surface area contributed by atoms with Crippen LogP contribution in [-0.4, -0.2) is 83.8 Å². The molecule has 2 fully saturated rings. The smallest absolute Gasteiger partial charge is 0.313 e. The Hall–Kier alpha value is -4.02. The maximum absolute atomic E-state index is 14.9. The number of allylic oxidation sites excluding steroid dienone is 1. The van der Waals surface area contributed by atoms with Crippen LogP contribution in [0.1, 0.15) is 39.0 Å². The van der Waals surface area contributed by atoms with E-state index in [1.807, 2.05) is 54.6 Å². The third-order valence-electron chi connectivity index (χ3n) is 9.14. The van der Waals surface area contributed by atoms with E-state index in [2.05, 4.69) is 5.32 Å². The van der Waals surface area contributed by atoms with Gasteiger partial charge in [0.15, 0.2) is 0 Å². The van der Waals surface area contributed by atoms with E-state index >= 15 is 0 Å². The number of unbranched alkanes of at least 4 members (excludes halogenated alkanes) is 2. The molecule has 5 bridgehead atoms. The minimum absolute atomic E-state index is 0.0467. The number of hydrogen-bond donors (Lipinski definition) is 2. The van der Waals surface area contributed by atoms with Crippen molar-refractivity contribution < 1.29 is 33.8 Å². The fourth-order valence-electron chi connectivity index (χ4n) is 7.02. The Kier molecular flexibility index (Phi) is 8.55. The van der Waals surface area contributed by atoms with Crippen molar-refractivity contribution in [2.24, 2.45) is 11.8 Å². The van der Waals surface area contributed by atoms with Crippen LogP contribution >= 0.6 is 0 Å². The fourth-order valence-corrected chi connectivity index (χ4v) is 7.02. The first-order valence-corrected chi connectivity index (χ1v) is 15.5. The van der Waals surface area contributed by atoms with Crippen molar-refractivity contribution in [1.29, 1.82) is 0 Å². The highest BCUT2D eigenvalue weighted by Gasteiger charge is 2.73. The normalized spacial score (nSPS) is 31.4.